The lowest BCUT2D eigenvalue weighted by Gasteiger charge is -2.20. The Morgan fingerprint density at radius 2 is 1.95 bits per heavy atom. The molecule has 6 heteroatoms. The van der Waals surface area contributed by atoms with Gasteiger partial charge in [-0.15, -0.1) is 0 Å². The molecule has 0 unspecified atom stereocenters. The first-order chi connectivity index (χ1) is 10.0. The number of methoxy groups -OCH3 is 1. The summed E-state index contributed by atoms with van der Waals surface area (Å²) in [5.41, 5.74) is 3.45. The van der Waals surface area contributed by atoms with E-state index in [1.165, 1.54) is 11.1 Å². The second-order valence-corrected chi connectivity index (χ2v) is 4.83. The number of anilines is 3. The van der Waals surface area contributed by atoms with Crippen molar-refractivity contribution in [3.63, 3.8) is 0 Å². The summed E-state index contributed by atoms with van der Waals surface area (Å²) in [7, 11) is 3.48. The summed E-state index contributed by atoms with van der Waals surface area (Å²) in [4.78, 5) is 14.8. The molecule has 0 atom stereocenters. The van der Waals surface area contributed by atoms with Crippen LogP contribution in [0.25, 0.3) is 0 Å². The van der Waals surface area contributed by atoms with Crippen molar-refractivity contribution in [3.8, 4) is 6.01 Å². The molecule has 1 aromatic carbocycles. The largest absolute Gasteiger partial charge is 0.467 e. The van der Waals surface area contributed by atoms with Gasteiger partial charge in [-0.05, 0) is 32.4 Å². The van der Waals surface area contributed by atoms with Gasteiger partial charge in [0, 0.05) is 19.3 Å². The van der Waals surface area contributed by atoms with Gasteiger partial charge in [0.1, 0.15) is 0 Å². The molecule has 1 aromatic heterocycles. The maximum atomic E-state index is 5.15. The summed E-state index contributed by atoms with van der Waals surface area (Å²) >= 11 is 0. The Labute approximate surface area is 125 Å². The second kappa shape index (κ2) is 6.39. The minimum Gasteiger partial charge on any atom is -0.467 e. The lowest BCUT2D eigenvalue weighted by atomic mass is 10.1. The molecule has 0 fully saturated rings. The summed E-state index contributed by atoms with van der Waals surface area (Å²) < 4.78 is 5.15. The van der Waals surface area contributed by atoms with Crippen molar-refractivity contribution in [1.82, 2.24) is 15.0 Å². The molecular formula is C15H21N5O. The number of ether oxygens (including phenoxy) is 1. The van der Waals surface area contributed by atoms with Crippen molar-refractivity contribution >= 4 is 17.6 Å². The van der Waals surface area contributed by atoms with Gasteiger partial charge in [-0.2, -0.15) is 15.0 Å². The number of benzene rings is 1. The Hall–Kier alpha value is -2.37. The van der Waals surface area contributed by atoms with Gasteiger partial charge in [0.15, 0.2) is 0 Å². The molecule has 0 radical (unpaired) electrons. The van der Waals surface area contributed by atoms with Crippen molar-refractivity contribution in [2.24, 2.45) is 0 Å². The van der Waals surface area contributed by atoms with Crippen molar-refractivity contribution in [1.29, 1.82) is 0 Å². The summed E-state index contributed by atoms with van der Waals surface area (Å²) in [6.45, 7) is 6.87. The molecule has 0 bridgehead atoms. The van der Waals surface area contributed by atoms with Crippen LogP contribution in [-0.2, 0) is 0 Å². The van der Waals surface area contributed by atoms with Gasteiger partial charge in [0.25, 0.3) is 0 Å². The summed E-state index contributed by atoms with van der Waals surface area (Å²) in [5, 5.41) is 3.08. The van der Waals surface area contributed by atoms with Crippen LogP contribution in [-0.4, -0.2) is 35.7 Å². The molecule has 0 spiro atoms. The highest BCUT2D eigenvalue weighted by atomic mass is 16.5. The van der Waals surface area contributed by atoms with Crippen LogP contribution < -0.4 is 15.0 Å². The van der Waals surface area contributed by atoms with E-state index in [2.05, 4.69) is 52.3 Å². The number of rotatable bonds is 5. The van der Waals surface area contributed by atoms with Gasteiger partial charge in [-0.25, -0.2) is 0 Å². The zero-order chi connectivity index (χ0) is 15.4. The van der Waals surface area contributed by atoms with Crippen LogP contribution in [0.2, 0.25) is 0 Å². The zero-order valence-corrected chi connectivity index (χ0v) is 13.1. The molecule has 6 nitrogen and oxygen atoms in total. The minimum atomic E-state index is 0.299. The lowest BCUT2D eigenvalue weighted by Crippen LogP contribution is -2.17. The first-order valence-corrected chi connectivity index (χ1v) is 6.90. The quantitative estimate of drug-likeness (QED) is 0.912. The third-order valence-corrected chi connectivity index (χ3v) is 3.13. The van der Waals surface area contributed by atoms with E-state index in [4.69, 9.17) is 4.74 Å². The average molecular weight is 287 g/mol. The number of hydrogen-bond acceptors (Lipinski definition) is 6. The molecule has 21 heavy (non-hydrogen) atoms. The van der Waals surface area contributed by atoms with E-state index in [1.54, 1.807) is 7.11 Å². The van der Waals surface area contributed by atoms with E-state index >= 15 is 0 Å². The monoisotopic (exact) mass is 287 g/mol. The van der Waals surface area contributed by atoms with Crippen LogP contribution in [0, 0.1) is 13.8 Å². The predicted octanol–water partition coefficient (Wildman–Crippen LogP) is 2.70. The highest BCUT2D eigenvalue weighted by Gasteiger charge is 2.13. The molecule has 0 aliphatic carbocycles. The fraction of sp³-hybridized carbons (Fsp3) is 0.400. The summed E-state index contributed by atoms with van der Waals surface area (Å²) in [5.74, 6) is 1.06. The summed E-state index contributed by atoms with van der Waals surface area (Å²) in [6, 6.07) is 6.57. The van der Waals surface area contributed by atoms with Gasteiger partial charge in [-0.1, -0.05) is 17.7 Å². The molecule has 112 valence electrons. The third-order valence-electron chi connectivity index (χ3n) is 3.13. The first kappa shape index (κ1) is 15.0. The van der Waals surface area contributed by atoms with Crippen LogP contribution >= 0.6 is 0 Å². The Bertz CT molecular complexity index is 629. The van der Waals surface area contributed by atoms with Crippen molar-refractivity contribution < 1.29 is 4.74 Å². The number of aromatic nitrogens is 3. The third kappa shape index (κ3) is 3.39. The van der Waals surface area contributed by atoms with Crippen LogP contribution in [0.4, 0.5) is 17.6 Å². The fourth-order valence-electron chi connectivity index (χ4n) is 2.11. The molecule has 0 saturated carbocycles. The SMILES string of the molecule is CCNc1nc(OC)nc(N(C)c2ccc(C)cc2C)n1. The first-order valence-electron chi connectivity index (χ1n) is 6.90. The molecule has 1 heterocycles. The summed E-state index contributed by atoms with van der Waals surface area (Å²) in [6.07, 6.45) is 0. The molecule has 0 aliphatic rings. The normalized spacial score (nSPS) is 10.3. The van der Waals surface area contributed by atoms with Gasteiger partial charge in [0.2, 0.25) is 11.9 Å². The Kier molecular flexibility index (Phi) is 4.57. The lowest BCUT2D eigenvalue weighted by molar-refractivity contribution is 0.379. The van der Waals surface area contributed by atoms with Gasteiger partial charge in [-0.3, -0.25) is 0 Å². The highest BCUT2D eigenvalue weighted by Crippen LogP contribution is 2.26. The van der Waals surface area contributed by atoms with Crippen LogP contribution in [0.15, 0.2) is 18.2 Å². The van der Waals surface area contributed by atoms with Gasteiger partial charge < -0.3 is 15.0 Å². The van der Waals surface area contributed by atoms with Crippen LogP contribution in [0.5, 0.6) is 6.01 Å². The number of aryl methyl sites for hydroxylation is 2. The van der Waals surface area contributed by atoms with Crippen molar-refractivity contribution in [2.45, 2.75) is 20.8 Å². The molecule has 0 amide bonds. The van der Waals surface area contributed by atoms with E-state index in [-0.39, 0.29) is 0 Å². The van der Waals surface area contributed by atoms with Crippen LogP contribution in [0.1, 0.15) is 18.1 Å². The van der Waals surface area contributed by atoms with E-state index < -0.39 is 0 Å². The smallest absolute Gasteiger partial charge is 0.322 e. The van der Waals surface area contributed by atoms with E-state index in [9.17, 15) is 0 Å². The second-order valence-electron chi connectivity index (χ2n) is 4.83. The Balaban J connectivity index is 2.41. The molecule has 0 aliphatic heterocycles. The number of hydrogen-bond donors (Lipinski definition) is 1. The fourth-order valence-corrected chi connectivity index (χ4v) is 2.11. The standard InChI is InChI=1S/C15H21N5O/c1-6-16-13-17-14(19-15(18-13)21-5)20(4)12-8-7-10(2)9-11(12)3/h7-9H,6H2,1-5H3,(H,16,17,18,19). The van der Waals surface area contributed by atoms with Crippen molar-refractivity contribution in [3.05, 3.63) is 29.3 Å². The average Bonchev–Trinajstić information content (AvgIpc) is 2.46. The molecule has 0 saturated heterocycles. The molecular weight excluding hydrogens is 266 g/mol. The maximum absolute atomic E-state index is 5.15. The van der Waals surface area contributed by atoms with E-state index in [1.807, 2.05) is 18.9 Å². The van der Waals surface area contributed by atoms with E-state index in [0.29, 0.717) is 17.9 Å². The molecule has 2 aromatic rings. The number of nitrogens with one attached hydrogen (secondary N) is 1. The topological polar surface area (TPSA) is 63.2 Å². The van der Waals surface area contributed by atoms with Gasteiger partial charge in [0.05, 0.1) is 7.11 Å². The highest BCUT2D eigenvalue weighted by molar-refractivity contribution is 5.62. The molecule has 2 rings (SSSR count). The van der Waals surface area contributed by atoms with Gasteiger partial charge >= 0.3 is 6.01 Å². The number of nitrogens with zero attached hydrogens (tertiary/aromatic N) is 4. The Morgan fingerprint density at radius 3 is 2.57 bits per heavy atom. The zero-order valence-electron chi connectivity index (χ0n) is 13.1. The van der Waals surface area contributed by atoms with Crippen LogP contribution in [0.3, 0.4) is 0 Å². The van der Waals surface area contributed by atoms with Crippen molar-refractivity contribution in [2.75, 3.05) is 30.9 Å². The minimum absolute atomic E-state index is 0.299. The molecule has 1 N–H and O–H groups in total. The maximum Gasteiger partial charge on any atom is 0.322 e. The predicted molar refractivity (Wildman–Crippen MR) is 84.5 cm³/mol. The Morgan fingerprint density at radius 1 is 1.19 bits per heavy atom. The van der Waals surface area contributed by atoms with E-state index in [0.717, 1.165) is 12.2 Å².